The van der Waals surface area contributed by atoms with E-state index in [-0.39, 0.29) is 41.3 Å². The topological polar surface area (TPSA) is 103 Å². The van der Waals surface area contributed by atoms with Crippen LogP contribution in [0.4, 0.5) is 5.69 Å². The Balaban J connectivity index is 0.00000405. The summed E-state index contributed by atoms with van der Waals surface area (Å²) in [5, 5.41) is 3.97. The van der Waals surface area contributed by atoms with Gasteiger partial charge in [0.25, 0.3) is 11.5 Å². The van der Waals surface area contributed by atoms with Gasteiger partial charge in [0.1, 0.15) is 0 Å². The molecule has 11 heteroatoms. The van der Waals surface area contributed by atoms with E-state index in [4.69, 9.17) is 0 Å². The Morgan fingerprint density at radius 3 is 2.14 bits per heavy atom. The molecule has 1 fully saturated rings. The van der Waals surface area contributed by atoms with Crippen molar-refractivity contribution in [1.29, 1.82) is 0 Å². The van der Waals surface area contributed by atoms with Crippen LogP contribution in [-0.2, 0) is 20.1 Å². The zero-order valence-electron chi connectivity index (χ0n) is 25.3. The highest BCUT2D eigenvalue weighted by atomic mass is 35.5. The third-order valence-electron chi connectivity index (χ3n) is 8.29. The van der Waals surface area contributed by atoms with Crippen LogP contribution in [0.15, 0.2) is 44.7 Å². The number of hydrogen-bond acceptors (Lipinski definition) is 5. The number of halogens is 1. The first-order valence-corrected chi connectivity index (χ1v) is 14.6. The molecule has 0 unspecified atom stereocenters. The molecule has 1 aliphatic heterocycles. The van der Waals surface area contributed by atoms with E-state index >= 15 is 0 Å². The van der Waals surface area contributed by atoms with E-state index in [0.29, 0.717) is 73.6 Å². The van der Waals surface area contributed by atoms with Crippen molar-refractivity contribution in [1.82, 2.24) is 23.2 Å². The van der Waals surface area contributed by atoms with Crippen molar-refractivity contribution in [2.75, 3.05) is 25.0 Å². The lowest BCUT2D eigenvalue weighted by Gasteiger charge is -2.33. The molecule has 0 saturated carbocycles. The number of hydrogen-bond donors (Lipinski definition) is 1. The number of benzene rings is 2. The Labute approximate surface area is 251 Å². The number of piperidine rings is 1. The molecule has 0 bridgehead atoms. The van der Waals surface area contributed by atoms with Gasteiger partial charge in [0.15, 0.2) is 0 Å². The average Bonchev–Trinajstić information content (AvgIpc) is 3.23. The van der Waals surface area contributed by atoms with E-state index in [0.717, 1.165) is 16.6 Å². The highest BCUT2D eigenvalue weighted by Gasteiger charge is 2.29. The number of imidazole rings is 1. The quantitative estimate of drug-likeness (QED) is 0.346. The Morgan fingerprint density at radius 2 is 1.55 bits per heavy atom. The van der Waals surface area contributed by atoms with Gasteiger partial charge in [-0.05, 0) is 63.8 Å². The first-order valence-electron chi connectivity index (χ1n) is 14.6. The zero-order chi connectivity index (χ0) is 29.6. The average molecular weight is 597 g/mol. The van der Waals surface area contributed by atoms with Crippen LogP contribution in [0.5, 0.6) is 0 Å². The van der Waals surface area contributed by atoms with Gasteiger partial charge in [-0.25, -0.2) is 9.59 Å². The van der Waals surface area contributed by atoms with Gasteiger partial charge in [-0.3, -0.25) is 27.9 Å². The minimum Gasteiger partial charge on any atom is -0.384 e. The highest BCUT2D eigenvalue weighted by molar-refractivity contribution is 6.03. The molecule has 0 radical (unpaired) electrons. The predicted molar refractivity (Wildman–Crippen MR) is 170 cm³/mol. The van der Waals surface area contributed by atoms with Crippen LogP contribution in [0.2, 0.25) is 0 Å². The molecule has 1 amide bonds. The summed E-state index contributed by atoms with van der Waals surface area (Å²) in [4.78, 5) is 55.5. The molecular formula is C31H41ClN6O4. The van der Waals surface area contributed by atoms with Crippen molar-refractivity contribution in [2.45, 2.75) is 66.6 Å². The molecule has 0 spiro atoms. The number of nitrogens with one attached hydrogen (secondary N) is 1. The first kappa shape index (κ1) is 31.2. The fourth-order valence-corrected chi connectivity index (χ4v) is 6.02. The number of rotatable bonds is 7. The molecule has 2 aromatic heterocycles. The first-order chi connectivity index (χ1) is 19.6. The zero-order valence-corrected chi connectivity index (χ0v) is 26.1. The molecular weight excluding hydrogens is 556 g/mol. The van der Waals surface area contributed by atoms with E-state index in [9.17, 15) is 19.2 Å². The van der Waals surface area contributed by atoms with E-state index in [1.54, 1.807) is 21.1 Å². The molecule has 1 N–H and O–H groups in total. The summed E-state index contributed by atoms with van der Waals surface area (Å²) in [6.45, 7) is 12.6. The fourth-order valence-electron chi connectivity index (χ4n) is 6.02. The highest BCUT2D eigenvalue weighted by Crippen LogP contribution is 2.28. The molecule has 10 nitrogen and oxygen atoms in total. The predicted octanol–water partition coefficient (Wildman–Crippen LogP) is 4.13. The van der Waals surface area contributed by atoms with Gasteiger partial charge in [0, 0.05) is 51.5 Å². The van der Waals surface area contributed by atoms with Crippen LogP contribution in [0, 0.1) is 12.8 Å². The molecule has 0 atom stereocenters. The van der Waals surface area contributed by atoms with Crippen LogP contribution in [0.3, 0.4) is 0 Å². The van der Waals surface area contributed by atoms with E-state index in [1.165, 1.54) is 9.13 Å². The summed E-state index contributed by atoms with van der Waals surface area (Å²) < 4.78 is 6.35. The van der Waals surface area contributed by atoms with Crippen LogP contribution < -0.4 is 22.3 Å². The third-order valence-corrected chi connectivity index (χ3v) is 8.29. The summed E-state index contributed by atoms with van der Waals surface area (Å²) in [5.74, 6) is 0.245. The second-order valence-corrected chi connectivity index (χ2v) is 11.5. The number of carbonyl (C=O) groups excluding carboxylic acids is 1. The molecule has 0 aliphatic carbocycles. The normalized spacial score (nSPS) is 14.1. The molecule has 226 valence electrons. The molecule has 3 heterocycles. The molecule has 2 aromatic carbocycles. The van der Waals surface area contributed by atoms with Crippen LogP contribution >= 0.6 is 12.4 Å². The standard InChI is InChI=1S/C31H40N6O4.ClH/c1-7-35-26-16-22(24(32-18-19(3)4)17-27(26)36(8-2)31(35)41)28(38)34-13-11-21(12-14-34)37-29(39)23-15-20(5)9-10-25(23)33(6)30(37)40;/h9-10,15-17,19,21,32H,7-8,11-14,18H2,1-6H3;1H. The maximum Gasteiger partial charge on any atom is 0.331 e. The Bertz CT molecular complexity index is 1820. The second kappa shape index (κ2) is 12.2. The number of amides is 1. The number of fused-ring (bicyclic) bond motifs is 2. The maximum atomic E-state index is 14.0. The molecule has 42 heavy (non-hydrogen) atoms. The lowest BCUT2D eigenvalue weighted by Crippen LogP contribution is -2.46. The molecule has 4 aromatic rings. The third kappa shape index (κ3) is 5.28. The number of aryl methyl sites for hydroxylation is 4. The molecule has 1 saturated heterocycles. The smallest absolute Gasteiger partial charge is 0.331 e. The van der Waals surface area contributed by atoms with E-state index in [1.807, 2.05) is 51.1 Å². The van der Waals surface area contributed by atoms with Gasteiger partial charge in [-0.1, -0.05) is 25.5 Å². The lowest BCUT2D eigenvalue weighted by molar-refractivity contribution is 0.0692. The summed E-state index contributed by atoms with van der Waals surface area (Å²) in [5.41, 5.74) is 3.68. The van der Waals surface area contributed by atoms with Gasteiger partial charge >= 0.3 is 11.4 Å². The minimum atomic E-state index is -0.334. The Kier molecular flexibility index (Phi) is 9.06. The largest absolute Gasteiger partial charge is 0.384 e. The minimum absolute atomic E-state index is 0. The summed E-state index contributed by atoms with van der Waals surface area (Å²) in [6, 6.07) is 9.02. The number of likely N-dealkylation sites (tertiary alicyclic amines) is 1. The SMILES string of the molecule is CCn1c(=O)n(CC)c2cc(C(=O)N3CCC(n4c(=O)c5cc(C)ccc5n(C)c4=O)CC3)c(NCC(C)C)cc21.Cl. The van der Waals surface area contributed by atoms with E-state index in [2.05, 4.69) is 19.2 Å². The summed E-state index contributed by atoms with van der Waals surface area (Å²) in [6.07, 6.45) is 1.00. The Morgan fingerprint density at radius 1 is 0.929 bits per heavy atom. The van der Waals surface area contributed by atoms with Crippen molar-refractivity contribution >= 4 is 45.9 Å². The van der Waals surface area contributed by atoms with Crippen molar-refractivity contribution in [3.63, 3.8) is 0 Å². The van der Waals surface area contributed by atoms with Gasteiger partial charge in [0.05, 0.1) is 27.5 Å². The van der Waals surface area contributed by atoms with Crippen LogP contribution in [0.25, 0.3) is 21.9 Å². The number of carbonyl (C=O) groups is 1. The second-order valence-electron chi connectivity index (χ2n) is 11.5. The number of nitrogens with zero attached hydrogens (tertiary/aromatic N) is 5. The maximum absolute atomic E-state index is 14.0. The number of aromatic nitrogens is 4. The van der Waals surface area contributed by atoms with Crippen molar-refractivity contribution in [3.8, 4) is 0 Å². The lowest BCUT2D eigenvalue weighted by atomic mass is 10.0. The summed E-state index contributed by atoms with van der Waals surface area (Å²) >= 11 is 0. The van der Waals surface area contributed by atoms with Crippen molar-refractivity contribution in [3.05, 3.63) is 72.8 Å². The van der Waals surface area contributed by atoms with Crippen LogP contribution in [-0.4, -0.2) is 48.7 Å². The van der Waals surface area contributed by atoms with Crippen molar-refractivity contribution in [2.24, 2.45) is 13.0 Å². The van der Waals surface area contributed by atoms with Gasteiger partial charge < -0.3 is 10.2 Å². The Hall–Kier alpha value is -3.79. The number of anilines is 1. The molecule has 5 rings (SSSR count). The van der Waals surface area contributed by atoms with Crippen molar-refractivity contribution < 1.29 is 4.79 Å². The fraction of sp³-hybridized carbons (Fsp3) is 0.484. The summed E-state index contributed by atoms with van der Waals surface area (Å²) in [7, 11) is 1.69. The van der Waals surface area contributed by atoms with Gasteiger partial charge in [-0.2, -0.15) is 0 Å². The monoisotopic (exact) mass is 596 g/mol. The van der Waals surface area contributed by atoms with Gasteiger partial charge in [-0.15, -0.1) is 12.4 Å². The molecule has 1 aliphatic rings. The van der Waals surface area contributed by atoms with Gasteiger partial charge in [0.2, 0.25) is 0 Å². The van der Waals surface area contributed by atoms with E-state index < -0.39 is 0 Å². The van der Waals surface area contributed by atoms with Crippen LogP contribution in [0.1, 0.15) is 62.5 Å².